The number of rotatable bonds is 7. The largest absolute Gasteiger partial charge is 0.370 e. The SMILES string of the molecule is NC(=O)CCCNC(=O)CCC1CCNCC1. The monoisotopic (exact) mass is 241 g/mol. The molecule has 1 rings (SSSR count). The van der Waals surface area contributed by atoms with E-state index in [1.54, 1.807) is 0 Å². The van der Waals surface area contributed by atoms with E-state index in [1.807, 2.05) is 0 Å². The molecule has 0 saturated carbocycles. The zero-order valence-corrected chi connectivity index (χ0v) is 10.3. The Morgan fingerprint density at radius 2 is 1.94 bits per heavy atom. The Hall–Kier alpha value is -1.10. The van der Waals surface area contributed by atoms with Crippen molar-refractivity contribution in [3.05, 3.63) is 0 Å². The van der Waals surface area contributed by atoms with E-state index in [-0.39, 0.29) is 11.8 Å². The Labute approximate surface area is 103 Å². The van der Waals surface area contributed by atoms with Crippen molar-refractivity contribution in [2.45, 2.75) is 38.5 Å². The van der Waals surface area contributed by atoms with E-state index in [1.165, 1.54) is 12.8 Å². The summed E-state index contributed by atoms with van der Waals surface area (Å²) in [6.07, 6.45) is 4.90. The van der Waals surface area contributed by atoms with Crippen LogP contribution in [0.25, 0.3) is 0 Å². The summed E-state index contributed by atoms with van der Waals surface area (Å²) in [7, 11) is 0. The van der Waals surface area contributed by atoms with Crippen molar-refractivity contribution in [2.24, 2.45) is 11.7 Å². The van der Waals surface area contributed by atoms with Crippen molar-refractivity contribution >= 4 is 11.8 Å². The molecule has 4 N–H and O–H groups in total. The van der Waals surface area contributed by atoms with Crippen LogP contribution >= 0.6 is 0 Å². The average molecular weight is 241 g/mol. The minimum Gasteiger partial charge on any atom is -0.370 e. The van der Waals surface area contributed by atoms with Crippen LogP contribution in [-0.2, 0) is 9.59 Å². The molecule has 0 unspecified atom stereocenters. The van der Waals surface area contributed by atoms with Gasteiger partial charge >= 0.3 is 0 Å². The topological polar surface area (TPSA) is 84.2 Å². The summed E-state index contributed by atoms with van der Waals surface area (Å²) in [5, 5.41) is 6.13. The van der Waals surface area contributed by atoms with Crippen molar-refractivity contribution in [3.63, 3.8) is 0 Å². The summed E-state index contributed by atoms with van der Waals surface area (Å²) in [6.45, 7) is 2.70. The first-order valence-corrected chi connectivity index (χ1v) is 6.44. The summed E-state index contributed by atoms with van der Waals surface area (Å²) < 4.78 is 0. The lowest BCUT2D eigenvalue weighted by Gasteiger charge is -2.22. The summed E-state index contributed by atoms with van der Waals surface area (Å²) >= 11 is 0. The Morgan fingerprint density at radius 1 is 1.24 bits per heavy atom. The summed E-state index contributed by atoms with van der Waals surface area (Å²) in [5.41, 5.74) is 5.01. The zero-order chi connectivity index (χ0) is 12.5. The minimum absolute atomic E-state index is 0.0907. The number of hydrogen-bond acceptors (Lipinski definition) is 3. The van der Waals surface area contributed by atoms with Crippen LogP contribution in [-0.4, -0.2) is 31.4 Å². The highest BCUT2D eigenvalue weighted by Crippen LogP contribution is 2.17. The fourth-order valence-electron chi connectivity index (χ4n) is 2.08. The second-order valence-electron chi connectivity index (χ2n) is 4.65. The van der Waals surface area contributed by atoms with Crippen molar-refractivity contribution in [3.8, 4) is 0 Å². The van der Waals surface area contributed by atoms with Gasteiger partial charge in [0.2, 0.25) is 11.8 Å². The minimum atomic E-state index is -0.311. The van der Waals surface area contributed by atoms with Gasteiger partial charge < -0.3 is 16.4 Å². The molecular weight excluding hydrogens is 218 g/mol. The molecule has 5 nitrogen and oxygen atoms in total. The second-order valence-corrected chi connectivity index (χ2v) is 4.65. The number of primary amides is 1. The van der Waals surface area contributed by atoms with E-state index in [4.69, 9.17) is 5.73 Å². The van der Waals surface area contributed by atoms with E-state index in [9.17, 15) is 9.59 Å². The van der Waals surface area contributed by atoms with Gasteiger partial charge in [0.05, 0.1) is 0 Å². The molecule has 1 saturated heterocycles. The average Bonchev–Trinajstić information content (AvgIpc) is 2.33. The predicted octanol–water partition coefficient (Wildman–Crippen LogP) is 0.148. The molecule has 1 aliphatic heterocycles. The fourth-order valence-corrected chi connectivity index (χ4v) is 2.08. The third-order valence-electron chi connectivity index (χ3n) is 3.16. The van der Waals surface area contributed by atoms with Gasteiger partial charge in [0.25, 0.3) is 0 Å². The van der Waals surface area contributed by atoms with Gasteiger partial charge in [0.1, 0.15) is 0 Å². The van der Waals surface area contributed by atoms with Crippen LogP contribution in [0.4, 0.5) is 0 Å². The first-order valence-electron chi connectivity index (χ1n) is 6.44. The van der Waals surface area contributed by atoms with Gasteiger partial charge in [-0.3, -0.25) is 9.59 Å². The van der Waals surface area contributed by atoms with E-state index in [0.717, 1.165) is 19.5 Å². The van der Waals surface area contributed by atoms with Crippen molar-refractivity contribution in [2.75, 3.05) is 19.6 Å². The number of carbonyl (C=O) groups excluding carboxylic acids is 2. The van der Waals surface area contributed by atoms with E-state index < -0.39 is 0 Å². The molecule has 0 spiro atoms. The van der Waals surface area contributed by atoms with Crippen molar-refractivity contribution in [1.82, 2.24) is 10.6 Å². The van der Waals surface area contributed by atoms with Gasteiger partial charge in [-0.1, -0.05) is 0 Å². The third-order valence-corrected chi connectivity index (χ3v) is 3.16. The first kappa shape index (κ1) is 14.0. The predicted molar refractivity (Wildman–Crippen MR) is 66.3 cm³/mol. The van der Waals surface area contributed by atoms with Gasteiger partial charge in [-0.25, -0.2) is 0 Å². The molecule has 5 heteroatoms. The molecule has 0 atom stereocenters. The Balaban J connectivity index is 1.98. The third kappa shape index (κ3) is 6.94. The smallest absolute Gasteiger partial charge is 0.220 e. The maximum Gasteiger partial charge on any atom is 0.220 e. The van der Waals surface area contributed by atoms with Gasteiger partial charge in [0.15, 0.2) is 0 Å². The normalized spacial score (nSPS) is 16.7. The van der Waals surface area contributed by atoms with Crippen LogP contribution in [0.5, 0.6) is 0 Å². The number of nitrogens with one attached hydrogen (secondary N) is 2. The second kappa shape index (κ2) is 8.06. The molecule has 0 aliphatic carbocycles. The van der Waals surface area contributed by atoms with E-state index in [0.29, 0.717) is 31.7 Å². The van der Waals surface area contributed by atoms with Gasteiger partial charge in [-0.2, -0.15) is 0 Å². The molecule has 0 radical (unpaired) electrons. The maximum absolute atomic E-state index is 11.5. The fraction of sp³-hybridized carbons (Fsp3) is 0.833. The number of nitrogens with two attached hydrogens (primary N) is 1. The number of hydrogen-bond donors (Lipinski definition) is 3. The Kier molecular flexibility index (Phi) is 6.62. The van der Waals surface area contributed by atoms with Crippen LogP contribution in [0.15, 0.2) is 0 Å². The number of piperidine rings is 1. The molecule has 1 heterocycles. The standard InChI is InChI=1S/C12H23N3O2/c13-11(16)2-1-7-15-12(17)4-3-10-5-8-14-9-6-10/h10,14H,1-9H2,(H2,13,16)(H,15,17). The first-order chi connectivity index (χ1) is 8.18. The summed E-state index contributed by atoms with van der Waals surface area (Å²) in [5.74, 6) is 0.467. The zero-order valence-electron chi connectivity index (χ0n) is 10.3. The molecule has 0 bridgehead atoms. The van der Waals surface area contributed by atoms with E-state index in [2.05, 4.69) is 10.6 Å². The van der Waals surface area contributed by atoms with Crippen LogP contribution < -0.4 is 16.4 Å². The van der Waals surface area contributed by atoms with Crippen molar-refractivity contribution in [1.29, 1.82) is 0 Å². The maximum atomic E-state index is 11.5. The highest BCUT2D eigenvalue weighted by molar-refractivity contribution is 5.76. The lowest BCUT2D eigenvalue weighted by molar-refractivity contribution is -0.122. The van der Waals surface area contributed by atoms with Crippen LogP contribution in [0.1, 0.15) is 38.5 Å². The molecule has 17 heavy (non-hydrogen) atoms. The molecule has 0 aromatic carbocycles. The molecule has 1 fully saturated rings. The highest BCUT2D eigenvalue weighted by Gasteiger charge is 2.14. The van der Waals surface area contributed by atoms with Crippen LogP contribution in [0, 0.1) is 5.92 Å². The van der Waals surface area contributed by atoms with Gasteiger partial charge in [-0.15, -0.1) is 0 Å². The summed E-state index contributed by atoms with van der Waals surface area (Å²) in [6, 6.07) is 0. The quantitative estimate of drug-likeness (QED) is 0.555. The molecule has 98 valence electrons. The van der Waals surface area contributed by atoms with Crippen molar-refractivity contribution < 1.29 is 9.59 Å². The molecule has 0 aromatic heterocycles. The lowest BCUT2D eigenvalue weighted by atomic mass is 9.93. The van der Waals surface area contributed by atoms with Gasteiger partial charge in [-0.05, 0) is 44.7 Å². The molecular formula is C12H23N3O2. The Morgan fingerprint density at radius 3 is 2.59 bits per heavy atom. The molecule has 1 aliphatic rings. The lowest BCUT2D eigenvalue weighted by Crippen LogP contribution is -2.30. The highest BCUT2D eigenvalue weighted by atomic mass is 16.2. The number of amides is 2. The summed E-state index contributed by atoms with van der Waals surface area (Å²) in [4.78, 5) is 22.0. The van der Waals surface area contributed by atoms with Crippen LogP contribution in [0.3, 0.4) is 0 Å². The molecule has 0 aromatic rings. The van der Waals surface area contributed by atoms with E-state index >= 15 is 0 Å². The van der Waals surface area contributed by atoms with Gasteiger partial charge in [0, 0.05) is 19.4 Å². The number of carbonyl (C=O) groups is 2. The van der Waals surface area contributed by atoms with Crippen LogP contribution in [0.2, 0.25) is 0 Å². The Bertz CT molecular complexity index is 250. The molecule has 2 amide bonds.